The minimum Gasteiger partial charge on any atom is -0.463 e. The van der Waals surface area contributed by atoms with Crippen molar-refractivity contribution in [1.82, 2.24) is 9.47 Å². The van der Waals surface area contributed by atoms with E-state index in [9.17, 15) is 14.4 Å². The van der Waals surface area contributed by atoms with Crippen LogP contribution in [0.15, 0.2) is 58.0 Å². The van der Waals surface area contributed by atoms with Crippen LogP contribution in [0, 0.1) is 13.8 Å². The average Bonchev–Trinajstić information content (AvgIpc) is 3.47. The predicted molar refractivity (Wildman–Crippen MR) is 117 cm³/mol. The quantitative estimate of drug-likeness (QED) is 0.426. The first-order valence-electron chi connectivity index (χ1n) is 9.55. The predicted octanol–water partition coefficient (Wildman–Crippen LogP) is 4.71. The molecule has 0 spiro atoms. The number of thioether (sulfide) groups is 1. The number of aromatic nitrogens is 1. The van der Waals surface area contributed by atoms with Gasteiger partial charge in [0, 0.05) is 17.6 Å². The Labute approximate surface area is 183 Å². The van der Waals surface area contributed by atoms with Gasteiger partial charge in [0.15, 0.2) is 0 Å². The zero-order valence-electron chi connectivity index (χ0n) is 17.2. The van der Waals surface area contributed by atoms with E-state index in [1.165, 1.54) is 18.7 Å². The summed E-state index contributed by atoms with van der Waals surface area (Å²) in [6.45, 7) is 4.04. The largest absolute Gasteiger partial charge is 0.463 e. The zero-order valence-corrected chi connectivity index (χ0v) is 18.1. The molecule has 0 radical (unpaired) electrons. The van der Waals surface area contributed by atoms with Gasteiger partial charge in [-0.15, -0.1) is 0 Å². The maximum absolute atomic E-state index is 12.9. The number of furan rings is 1. The van der Waals surface area contributed by atoms with Crippen LogP contribution in [0.25, 0.3) is 11.8 Å². The van der Waals surface area contributed by atoms with E-state index >= 15 is 0 Å². The number of hydrogen-bond donors (Lipinski definition) is 0. The molecular formula is C23H20N2O5S. The standard InChI is InChI=1S/C23H20N2O5S/c1-14-6-4-8-18(15(14)2)24-11-5-7-16(24)12-20-21(26)25(23(28)31-20)13-17-9-10-19(30-17)22(27)29-3/h4-12H,13H2,1-3H3. The number of aryl methyl sites for hydroxylation is 1. The number of ether oxygens (including phenoxy) is 1. The van der Waals surface area contributed by atoms with Crippen LogP contribution in [0.5, 0.6) is 0 Å². The van der Waals surface area contributed by atoms with Crippen LogP contribution in [0.4, 0.5) is 4.79 Å². The first kappa shape index (κ1) is 20.7. The summed E-state index contributed by atoms with van der Waals surface area (Å²) in [7, 11) is 1.25. The molecule has 3 heterocycles. The minimum absolute atomic E-state index is 0.0198. The Hall–Kier alpha value is -3.52. The average molecular weight is 436 g/mol. The van der Waals surface area contributed by atoms with Gasteiger partial charge in [0.1, 0.15) is 5.76 Å². The number of hydrogen-bond acceptors (Lipinski definition) is 6. The molecule has 0 unspecified atom stereocenters. The van der Waals surface area contributed by atoms with Gasteiger partial charge in [0.05, 0.1) is 18.6 Å². The second-order valence-corrected chi connectivity index (χ2v) is 8.04. The van der Waals surface area contributed by atoms with E-state index in [1.807, 2.05) is 54.9 Å². The van der Waals surface area contributed by atoms with Gasteiger partial charge in [-0.2, -0.15) is 0 Å². The highest BCUT2D eigenvalue weighted by Crippen LogP contribution is 2.34. The van der Waals surface area contributed by atoms with Gasteiger partial charge in [-0.3, -0.25) is 14.5 Å². The van der Waals surface area contributed by atoms with Crippen molar-refractivity contribution in [3.05, 3.63) is 81.9 Å². The minimum atomic E-state index is -0.618. The van der Waals surface area contributed by atoms with Crippen LogP contribution >= 0.6 is 11.8 Å². The van der Waals surface area contributed by atoms with Crippen LogP contribution in [0.3, 0.4) is 0 Å². The van der Waals surface area contributed by atoms with Gasteiger partial charge in [0.25, 0.3) is 11.1 Å². The number of rotatable bonds is 5. The molecule has 8 heteroatoms. The Bertz CT molecular complexity index is 1220. The van der Waals surface area contributed by atoms with Crippen LogP contribution in [0.2, 0.25) is 0 Å². The monoisotopic (exact) mass is 436 g/mol. The summed E-state index contributed by atoms with van der Waals surface area (Å²) in [5.41, 5.74) is 4.12. The SMILES string of the molecule is COC(=O)c1ccc(CN2C(=O)SC(=Cc3cccn3-c3cccc(C)c3C)C2=O)o1. The lowest BCUT2D eigenvalue weighted by Gasteiger charge is -2.12. The fourth-order valence-electron chi connectivity index (χ4n) is 3.33. The molecule has 0 bridgehead atoms. The molecule has 0 N–H and O–H groups in total. The van der Waals surface area contributed by atoms with E-state index in [-0.39, 0.29) is 12.3 Å². The molecule has 0 saturated carbocycles. The number of amides is 2. The van der Waals surface area contributed by atoms with Crippen molar-refractivity contribution in [2.24, 2.45) is 0 Å². The molecule has 1 fully saturated rings. The third kappa shape index (κ3) is 3.94. The maximum Gasteiger partial charge on any atom is 0.373 e. The molecule has 0 atom stereocenters. The number of benzene rings is 1. The van der Waals surface area contributed by atoms with Crippen molar-refractivity contribution in [3.63, 3.8) is 0 Å². The Kier molecular flexibility index (Phi) is 5.56. The van der Waals surface area contributed by atoms with E-state index in [0.29, 0.717) is 10.7 Å². The normalized spacial score (nSPS) is 15.2. The highest BCUT2D eigenvalue weighted by Gasteiger charge is 2.36. The highest BCUT2D eigenvalue weighted by atomic mass is 32.2. The number of carbonyl (C=O) groups excluding carboxylic acids is 3. The Morgan fingerprint density at radius 2 is 1.94 bits per heavy atom. The molecule has 1 aromatic carbocycles. The molecule has 1 saturated heterocycles. The summed E-state index contributed by atoms with van der Waals surface area (Å²) in [5, 5.41) is -0.392. The molecule has 1 aliphatic rings. The van der Waals surface area contributed by atoms with Crippen LogP contribution in [0.1, 0.15) is 33.1 Å². The first-order chi connectivity index (χ1) is 14.9. The van der Waals surface area contributed by atoms with Gasteiger partial charge < -0.3 is 13.7 Å². The van der Waals surface area contributed by atoms with E-state index in [1.54, 1.807) is 12.1 Å². The van der Waals surface area contributed by atoms with E-state index in [0.717, 1.165) is 33.6 Å². The van der Waals surface area contributed by atoms with Crippen molar-refractivity contribution >= 4 is 35.0 Å². The van der Waals surface area contributed by atoms with E-state index in [2.05, 4.69) is 4.74 Å². The summed E-state index contributed by atoms with van der Waals surface area (Å²) < 4.78 is 12.0. The fourth-order valence-corrected chi connectivity index (χ4v) is 4.15. The van der Waals surface area contributed by atoms with Gasteiger partial charge in [-0.1, -0.05) is 12.1 Å². The lowest BCUT2D eigenvalue weighted by atomic mass is 10.1. The van der Waals surface area contributed by atoms with Gasteiger partial charge in [-0.25, -0.2) is 4.79 Å². The third-order valence-electron chi connectivity index (χ3n) is 5.13. The number of nitrogens with zero attached hydrogens (tertiary/aromatic N) is 2. The van der Waals surface area contributed by atoms with Gasteiger partial charge in [-0.05, 0) is 73.1 Å². The van der Waals surface area contributed by atoms with Crippen molar-refractivity contribution < 1.29 is 23.5 Å². The molecule has 31 heavy (non-hydrogen) atoms. The lowest BCUT2D eigenvalue weighted by molar-refractivity contribution is -0.123. The summed E-state index contributed by atoms with van der Waals surface area (Å²) in [5.74, 6) is -0.679. The number of methoxy groups -OCH3 is 1. The van der Waals surface area contributed by atoms with Crippen LogP contribution in [-0.2, 0) is 16.1 Å². The van der Waals surface area contributed by atoms with Gasteiger partial charge in [0.2, 0.25) is 5.76 Å². The topological polar surface area (TPSA) is 81.8 Å². The summed E-state index contributed by atoms with van der Waals surface area (Å²) in [4.78, 5) is 38.3. The van der Waals surface area contributed by atoms with Crippen molar-refractivity contribution in [2.45, 2.75) is 20.4 Å². The van der Waals surface area contributed by atoms with E-state index < -0.39 is 17.1 Å². The van der Waals surface area contributed by atoms with Crippen molar-refractivity contribution in [1.29, 1.82) is 0 Å². The second-order valence-electron chi connectivity index (χ2n) is 7.05. The van der Waals surface area contributed by atoms with Gasteiger partial charge >= 0.3 is 5.97 Å². The molecule has 4 rings (SSSR count). The molecule has 1 aliphatic heterocycles. The zero-order chi connectivity index (χ0) is 22.1. The molecule has 3 aromatic rings. The smallest absolute Gasteiger partial charge is 0.373 e. The molecular weight excluding hydrogens is 416 g/mol. The Morgan fingerprint density at radius 1 is 1.13 bits per heavy atom. The second kappa shape index (κ2) is 8.31. The molecule has 0 aliphatic carbocycles. The Balaban J connectivity index is 1.59. The Morgan fingerprint density at radius 3 is 2.71 bits per heavy atom. The molecule has 2 amide bonds. The third-order valence-corrected chi connectivity index (χ3v) is 6.04. The lowest BCUT2D eigenvalue weighted by Crippen LogP contribution is -2.27. The number of carbonyl (C=O) groups is 3. The first-order valence-corrected chi connectivity index (χ1v) is 10.4. The molecule has 7 nitrogen and oxygen atoms in total. The summed E-state index contributed by atoms with van der Waals surface area (Å²) in [6, 6.07) is 12.8. The molecule has 158 valence electrons. The maximum atomic E-state index is 12.9. The molecule has 2 aromatic heterocycles. The fraction of sp³-hybridized carbons (Fsp3) is 0.174. The van der Waals surface area contributed by atoms with Crippen molar-refractivity contribution in [3.8, 4) is 5.69 Å². The highest BCUT2D eigenvalue weighted by molar-refractivity contribution is 8.18. The van der Waals surface area contributed by atoms with Crippen LogP contribution < -0.4 is 0 Å². The van der Waals surface area contributed by atoms with E-state index in [4.69, 9.17) is 4.42 Å². The number of esters is 1. The summed E-state index contributed by atoms with van der Waals surface area (Å²) >= 11 is 0.880. The summed E-state index contributed by atoms with van der Waals surface area (Å²) in [6.07, 6.45) is 3.64. The number of imide groups is 1. The van der Waals surface area contributed by atoms with Crippen molar-refractivity contribution in [2.75, 3.05) is 7.11 Å². The van der Waals surface area contributed by atoms with Crippen LogP contribution in [-0.4, -0.2) is 33.7 Å².